The van der Waals surface area contributed by atoms with Crippen LogP contribution < -0.4 is 0 Å². The van der Waals surface area contributed by atoms with Gasteiger partial charge in [-0.15, -0.1) is 11.3 Å². The SMILES string of the molecule is CN(Cc1nc(-c2cccs2)no1)C(=O)c1ccc(CN2CCCCC2)cc1. The largest absolute Gasteiger partial charge is 0.337 e. The van der Waals surface area contributed by atoms with E-state index in [4.69, 9.17) is 4.52 Å². The van der Waals surface area contributed by atoms with Crippen LogP contribution in [-0.4, -0.2) is 46.0 Å². The van der Waals surface area contributed by atoms with E-state index in [9.17, 15) is 4.79 Å². The van der Waals surface area contributed by atoms with Gasteiger partial charge in [0.2, 0.25) is 11.7 Å². The number of hydrogen-bond donors (Lipinski definition) is 0. The quantitative estimate of drug-likeness (QED) is 0.629. The van der Waals surface area contributed by atoms with Crippen LogP contribution >= 0.6 is 11.3 Å². The first-order valence-electron chi connectivity index (χ1n) is 9.62. The fourth-order valence-electron chi connectivity index (χ4n) is 3.45. The van der Waals surface area contributed by atoms with E-state index < -0.39 is 0 Å². The van der Waals surface area contributed by atoms with E-state index in [0.717, 1.165) is 11.4 Å². The smallest absolute Gasteiger partial charge is 0.254 e. The van der Waals surface area contributed by atoms with Crippen molar-refractivity contribution in [3.63, 3.8) is 0 Å². The zero-order valence-corrected chi connectivity index (χ0v) is 16.8. The summed E-state index contributed by atoms with van der Waals surface area (Å²) < 4.78 is 5.29. The number of likely N-dealkylation sites (tertiary alicyclic amines) is 1. The molecule has 28 heavy (non-hydrogen) atoms. The van der Waals surface area contributed by atoms with Gasteiger partial charge in [-0.2, -0.15) is 4.98 Å². The normalized spacial score (nSPS) is 14.9. The molecule has 1 amide bonds. The third-order valence-corrected chi connectivity index (χ3v) is 5.85. The summed E-state index contributed by atoms with van der Waals surface area (Å²) in [6.45, 7) is 3.58. The zero-order valence-electron chi connectivity index (χ0n) is 16.0. The number of benzene rings is 1. The first-order valence-corrected chi connectivity index (χ1v) is 10.5. The van der Waals surface area contributed by atoms with Gasteiger partial charge in [0, 0.05) is 19.2 Å². The molecule has 0 unspecified atom stereocenters. The highest BCUT2D eigenvalue weighted by molar-refractivity contribution is 7.13. The molecule has 1 fully saturated rings. The third-order valence-electron chi connectivity index (χ3n) is 4.98. The van der Waals surface area contributed by atoms with Crippen molar-refractivity contribution in [2.45, 2.75) is 32.4 Å². The maximum atomic E-state index is 12.7. The van der Waals surface area contributed by atoms with E-state index in [-0.39, 0.29) is 12.5 Å². The molecule has 4 rings (SSSR count). The highest BCUT2D eigenvalue weighted by atomic mass is 32.1. The van der Waals surface area contributed by atoms with Gasteiger partial charge in [0.25, 0.3) is 5.91 Å². The Morgan fingerprint density at radius 2 is 1.96 bits per heavy atom. The van der Waals surface area contributed by atoms with E-state index in [1.54, 1.807) is 23.3 Å². The molecule has 0 N–H and O–H groups in total. The summed E-state index contributed by atoms with van der Waals surface area (Å²) in [4.78, 5) is 22.1. The van der Waals surface area contributed by atoms with E-state index in [1.807, 2.05) is 29.6 Å². The predicted molar refractivity (Wildman–Crippen MR) is 109 cm³/mol. The van der Waals surface area contributed by atoms with Crippen LogP contribution in [0.15, 0.2) is 46.3 Å². The van der Waals surface area contributed by atoms with Crippen molar-refractivity contribution in [2.24, 2.45) is 0 Å². The minimum atomic E-state index is -0.0552. The van der Waals surface area contributed by atoms with Crippen LogP contribution in [0.25, 0.3) is 10.7 Å². The Hall–Kier alpha value is -2.51. The number of aromatic nitrogens is 2. The highest BCUT2D eigenvalue weighted by Crippen LogP contribution is 2.21. The first kappa shape index (κ1) is 18.8. The monoisotopic (exact) mass is 396 g/mol. The van der Waals surface area contributed by atoms with Crippen molar-refractivity contribution in [3.8, 4) is 10.7 Å². The average molecular weight is 397 g/mol. The van der Waals surface area contributed by atoms with Crippen LogP contribution in [0.2, 0.25) is 0 Å². The average Bonchev–Trinajstić information content (AvgIpc) is 3.40. The van der Waals surface area contributed by atoms with Crippen LogP contribution in [-0.2, 0) is 13.1 Å². The number of piperidine rings is 1. The van der Waals surface area contributed by atoms with Crippen LogP contribution in [0.5, 0.6) is 0 Å². The molecular formula is C21H24N4O2S. The van der Waals surface area contributed by atoms with Gasteiger partial charge in [-0.05, 0) is 55.1 Å². The van der Waals surface area contributed by atoms with Crippen LogP contribution in [0.1, 0.15) is 41.1 Å². The van der Waals surface area contributed by atoms with Crippen LogP contribution in [0.3, 0.4) is 0 Å². The second-order valence-electron chi connectivity index (χ2n) is 7.18. The van der Waals surface area contributed by atoms with Crippen molar-refractivity contribution in [2.75, 3.05) is 20.1 Å². The lowest BCUT2D eigenvalue weighted by molar-refractivity contribution is 0.0769. The molecule has 1 aromatic carbocycles. The summed E-state index contributed by atoms with van der Waals surface area (Å²) in [7, 11) is 1.75. The Bertz CT molecular complexity index is 899. The summed E-state index contributed by atoms with van der Waals surface area (Å²) >= 11 is 1.56. The molecule has 1 aliphatic heterocycles. The lowest BCUT2D eigenvalue weighted by Crippen LogP contribution is -2.29. The summed E-state index contributed by atoms with van der Waals surface area (Å²) in [6.07, 6.45) is 3.90. The fraction of sp³-hybridized carbons (Fsp3) is 0.381. The Morgan fingerprint density at radius 3 is 2.68 bits per heavy atom. The number of rotatable bonds is 6. The van der Waals surface area contributed by atoms with Gasteiger partial charge >= 0.3 is 0 Å². The molecule has 1 aliphatic rings. The summed E-state index contributed by atoms with van der Waals surface area (Å²) in [5.74, 6) is 0.939. The molecule has 3 heterocycles. The standard InChI is InChI=1S/C21H24N4O2S/c1-24(15-19-22-20(23-27-19)18-6-5-13-28-18)21(26)17-9-7-16(8-10-17)14-25-11-3-2-4-12-25/h5-10,13H,2-4,11-12,14-15H2,1H3. The third kappa shape index (κ3) is 4.48. The Morgan fingerprint density at radius 1 is 1.18 bits per heavy atom. The molecule has 0 bridgehead atoms. The summed E-state index contributed by atoms with van der Waals surface area (Å²) in [6, 6.07) is 11.8. The molecule has 0 aliphatic carbocycles. The molecule has 1 saturated heterocycles. The zero-order chi connectivity index (χ0) is 19.3. The van der Waals surface area contributed by atoms with Gasteiger partial charge in [-0.1, -0.05) is 29.8 Å². The first-order chi connectivity index (χ1) is 13.7. The molecule has 0 saturated carbocycles. The maximum absolute atomic E-state index is 12.7. The number of carbonyl (C=O) groups excluding carboxylic acids is 1. The number of thiophene rings is 1. The second-order valence-corrected chi connectivity index (χ2v) is 8.13. The van der Waals surface area contributed by atoms with E-state index in [2.05, 4.69) is 27.2 Å². The van der Waals surface area contributed by atoms with Crippen molar-refractivity contribution in [1.82, 2.24) is 19.9 Å². The van der Waals surface area contributed by atoms with E-state index in [0.29, 0.717) is 17.3 Å². The van der Waals surface area contributed by atoms with Gasteiger partial charge in [-0.25, -0.2) is 0 Å². The van der Waals surface area contributed by atoms with Crippen LogP contribution in [0, 0.1) is 0 Å². The maximum Gasteiger partial charge on any atom is 0.254 e. The number of hydrogen-bond acceptors (Lipinski definition) is 6. The number of nitrogens with zero attached hydrogens (tertiary/aromatic N) is 4. The van der Waals surface area contributed by atoms with Gasteiger partial charge < -0.3 is 9.42 Å². The molecule has 0 atom stereocenters. The Labute approximate surface area is 168 Å². The van der Waals surface area contributed by atoms with Crippen molar-refractivity contribution >= 4 is 17.2 Å². The Balaban J connectivity index is 1.35. The van der Waals surface area contributed by atoms with Gasteiger partial charge in [-0.3, -0.25) is 9.69 Å². The lowest BCUT2D eigenvalue weighted by Gasteiger charge is -2.26. The van der Waals surface area contributed by atoms with E-state index in [1.165, 1.54) is 37.9 Å². The molecule has 3 aromatic rings. The highest BCUT2D eigenvalue weighted by Gasteiger charge is 2.17. The molecule has 146 valence electrons. The minimum absolute atomic E-state index is 0.0552. The molecule has 7 heteroatoms. The van der Waals surface area contributed by atoms with Crippen molar-refractivity contribution in [3.05, 3.63) is 58.8 Å². The fourth-order valence-corrected chi connectivity index (χ4v) is 4.10. The second kappa shape index (κ2) is 8.67. The molecular weight excluding hydrogens is 372 g/mol. The Kier molecular flexibility index (Phi) is 5.83. The molecule has 0 spiro atoms. The lowest BCUT2D eigenvalue weighted by atomic mass is 10.1. The van der Waals surface area contributed by atoms with E-state index >= 15 is 0 Å². The van der Waals surface area contributed by atoms with Gasteiger partial charge in [0.1, 0.15) is 0 Å². The number of amides is 1. The minimum Gasteiger partial charge on any atom is -0.337 e. The summed E-state index contributed by atoms with van der Waals surface area (Å²) in [5.41, 5.74) is 1.92. The van der Waals surface area contributed by atoms with Crippen LogP contribution in [0.4, 0.5) is 0 Å². The van der Waals surface area contributed by atoms with Crippen molar-refractivity contribution in [1.29, 1.82) is 0 Å². The van der Waals surface area contributed by atoms with Crippen molar-refractivity contribution < 1.29 is 9.32 Å². The van der Waals surface area contributed by atoms with Gasteiger partial charge in [0.15, 0.2) is 0 Å². The topological polar surface area (TPSA) is 62.5 Å². The predicted octanol–water partition coefficient (Wildman–Crippen LogP) is 4.06. The molecule has 0 radical (unpaired) electrons. The molecule has 2 aromatic heterocycles. The van der Waals surface area contributed by atoms with Gasteiger partial charge in [0.05, 0.1) is 11.4 Å². The molecule has 6 nitrogen and oxygen atoms in total. The number of carbonyl (C=O) groups is 1. The summed E-state index contributed by atoms with van der Waals surface area (Å²) in [5, 5.41) is 5.96.